The van der Waals surface area contributed by atoms with Gasteiger partial charge in [-0.1, -0.05) is 41.7 Å². The molecule has 0 radical (unpaired) electrons. The van der Waals surface area contributed by atoms with Crippen LogP contribution in [0.3, 0.4) is 0 Å². The van der Waals surface area contributed by atoms with Crippen LogP contribution in [0.5, 0.6) is 11.5 Å². The quantitative estimate of drug-likeness (QED) is 0.364. The zero-order valence-corrected chi connectivity index (χ0v) is 17.5. The van der Waals surface area contributed by atoms with Crippen molar-refractivity contribution >= 4 is 28.3 Å². The number of thiazole rings is 1. The first-order valence-electron chi connectivity index (χ1n) is 9.39. The Hall–Kier alpha value is -3.52. The van der Waals surface area contributed by atoms with E-state index in [0.29, 0.717) is 33.4 Å². The van der Waals surface area contributed by atoms with Crippen LogP contribution in [0.1, 0.15) is 25.0 Å². The number of carbonyl (C=O) groups is 1. The largest absolute Gasteiger partial charge is 0.490 e. The molecule has 30 heavy (non-hydrogen) atoms. The molecule has 0 bridgehead atoms. The summed E-state index contributed by atoms with van der Waals surface area (Å²) in [6, 6.07) is 12.9. The van der Waals surface area contributed by atoms with Crippen LogP contribution >= 0.6 is 11.3 Å². The minimum absolute atomic E-state index is 0.232. The molecular formula is C22H19N3O4S. The number of esters is 1. The summed E-state index contributed by atoms with van der Waals surface area (Å²) in [7, 11) is 0. The number of aromatic nitrogens is 3. The number of rotatable bonds is 5. The van der Waals surface area contributed by atoms with Crippen LogP contribution in [0.2, 0.25) is 0 Å². The van der Waals surface area contributed by atoms with Gasteiger partial charge >= 0.3 is 5.97 Å². The third kappa shape index (κ3) is 3.81. The van der Waals surface area contributed by atoms with Crippen molar-refractivity contribution in [2.24, 2.45) is 0 Å². The Morgan fingerprint density at radius 1 is 1.20 bits per heavy atom. The van der Waals surface area contributed by atoms with Gasteiger partial charge in [-0.15, -0.1) is 5.10 Å². The maximum Gasteiger partial charge on any atom is 0.308 e. The van der Waals surface area contributed by atoms with Crippen molar-refractivity contribution in [1.29, 1.82) is 0 Å². The molecule has 4 rings (SSSR count). The lowest BCUT2D eigenvalue weighted by Crippen LogP contribution is -2.23. The molecule has 7 nitrogen and oxygen atoms in total. The Balaban J connectivity index is 1.75. The van der Waals surface area contributed by atoms with Gasteiger partial charge in [0.25, 0.3) is 5.56 Å². The highest BCUT2D eigenvalue weighted by Crippen LogP contribution is 2.29. The number of carbonyl (C=O) groups excluding carboxylic acids is 1. The highest BCUT2D eigenvalue weighted by Gasteiger charge is 2.14. The van der Waals surface area contributed by atoms with Crippen molar-refractivity contribution in [1.82, 2.24) is 14.6 Å². The standard InChI is InChI=1S/C22H19N3O4S/c1-4-28-18-11-15(9-10-17(18)29-14(3)26)12-19-21(27)25-22(30-19)23-20(24-25)16-8-6-5-7-13(16)2/h5-12H,4H2,1-3H3/b19-12-. The third-order valence-electron chi connectivity index (χ3n) is 4.39. The zero-order chi connectivity index (χ0) is 21.3. The fourth-order valence-corrected chi connectivity index (χ4v) is 3.95. The van der Waals surface area contributed by atoms with E-state index in [9.17, 15) is 9.59 Å². The lowest BCUT2D eigenvalue weighted by Gasteiger charge is -2.10. The molecule has 4 aromatic rings. The summed E-state index contributed by atoms with van der Waals surface area (Å²) in [5, 5.41) is 4.40. The van der Waals surface area contributed by atoms with E-state index in [0.717, 1.165) is 16.7 Å². The van der Waals surface area contributed by atoms with Crippen molar-refractivity contribution in [2.75, 3.05) is 6.61 Å². The fraction of sp³-hybridized carbons (Fsp3) is 0.182. The Bertz CT molecular complexity index is 1360. The van der Waals surface area contributed by atoms with Gasteiger partial charge in [-0.2, -0.15) is 9.50 Å². The summed E-state index contributed by atoms with van der Waals surface area (Å²) in [6.45, 7) is 5.58. The first kappa shape index (κ1) is 19.8. The Morgan fingerprint density at radius 3 is 2.70 bits per heavy atom. The van der Waals surface area contributed by atoms with Crippen LogP contribution in [0.25, 0.3) is 22.4 Å². The zero-order valence-electron chi connectivity index (χ0n) is 16.7. The molecule has 2 aromatic heterocycles. The van der Waals surface area contributed by atoms with Crippen molar-refractivity contribution in [3.05, 3.63) is 68.5 Å². The maximum atomic E-state index is 12.8. The summed E-state index contributed by atoms with van der Waals surface area (Å²) in [4.78, 5) is 29.2. The van der Waals surface area contributed by atoms with Crippen molar-refractivity contribution in [2.45, 2.75) is 20.8 Å². The molecule has 0 aliphatic rings. The van der Waals surface area contributed by atoms with E-state index < -0.39 is 5.97 Å². The monoisotopic (exact) mass is 421 g/mol. The predicted molar refractivity (Wildman–Crippen MR) is 115 cm³/mol. The van der Waals surface area contributed by atoms with E-state index in [-0.39, 0.29) is 5.56 Å². The molecule has 2 heterocycles. The Morgan fingerprint density at radius 2 is 2.00 bits per heavy atom. The topological polar surface area (TPSA) is 82.8 Å². The number of ether oxygens (including phenoxy) is 2. The summed E-state index contributed by atoms with van der Waals surface area (Å²) < 4.78 is 12.6. The first-order chi connectivity index (χ1) is 14.5. The molecule has 0 saturated carbocycles. The predicted octanol–water partition coefficient (Wildman–Crippen LogP) is 3.00. The molecule has 0 N–H and O–H groups in total. The van der Waals surface area contributed by atoms with Crippen LogP contribution in [0.15, 0.2) is 47.3 Å². The SMILES string of the molecule is CCOc1cc(/C=c2\sc3nc(-c4ccccc4C)nn3c2=O)ccc1OC(C)=O. The highest BCUT2D eigenvalue weighted by molar-refractivity contribution is 7.15. The van der Waals surface area contributed by atoms with E-state index >= 15 is 0 Å². The first-order valence-corrected chi connectivity index (χ1v) is 10.2. The van der Waals surface area contributed by atoms with Gasteiger partial charge in [-0.3, -0.25) is 9.59 Å². The lowest BCUT2D eigenvalue weighted by atomic mass is 10.1. The number of fused-ring (bicyclic) bond motifs is 1. The molecule has 0 fully saturated rings. The molecule has 0 aliphatic heterocycles. The van der Waals surface area contributed by atoms with Crippen molar-refractivity contribution < 1.29 is 14.3 Å². The van der Waals surface area contributed by atoms with E-state index in [4.69, 9.17) is 9.47 Å². The van der Waals surface area contributed by atoms with E-state index in [1.807, 2.05) is 38.1 Å². The minimum atomic E-state index is -0.426. The second-order valence-corrected chi connectivity index (χ2v) is 7.60. The maximum absolute atomic E-state index is 12.8. The van der Waals surface area contributed by atoms with E-state index in [1.54, 1.807) is 24.3 Å². The van der Waals surface area contributed by atoms with Gasteiger partial charge < -0.3 is 9.47 Å². The van der Waals surface area contributed by atoms with Gasteiger partial charge in [0.15, 0.2) is 17.3 Å². The summed E-state index contributed by atoms with van der Waals surface area (Å²) in [6.07, 6.45) is 1.75. The molecule has 152 valence electrons. The Kier molecular flexibility index (Phi) is 5.33. The van der Waals surface area contributed by atoms with Crippen LogP contribution < -0.4 is 19.6 Å². The van der Waals surface area contributed by atoms with Gasteiger partial charge in [0, 0.05) is 12.5 Å². The van der Waals surface area contributed by atoms with Gasteiger partial charge in [0.2, 0.25) is 4.96 Å². The molecule has 0 atom stereocenters. The molecule has 0 aliphatic carbocycles. The molecule has 0 saturated heterocycles. The van der Waals surface area contributed by atoms with Crippen molar-refractivity contribution in [3.63, 3.8) is 0 Å². The lowest BCUT2D eigenvalue weighted by molar-refractivity contribution is -0.132. The third-order valence-corrected chi connectivity index (χ3v) is 5.35. The Labute approximate surface area is 176 Å². The summed E-state index contributed by atoms with van der Waals surface area (Å²) in [5.41, 5.74) is 2.46. The highest BCUT2D eigenvalue weighted by atomic mass is 32.1. The minimum Gasteiger partial charge on any atom is -0.490 e. The van der Waals surface area contributed by atoms with E-state index in [1.165, 1.54) is 22.8 Å². The number of hydrogen-bond donors (Lipinski definition) is 0. The molecule has 0 spiro atoms. The average molecular weight is 421 g/mol. The van der Waals surface area contributed by atoms with Gasteiger partial charge in [-0.05, 0) is 43.2 Å². The fourth-order valence-electron chi connectivity index (χ4n) is 3.04. The second kappa shape index (κ2) is 8.08. The van der Waals surface area contributed by atoms with Crippen LogP contribution in [-0.2, 0) is 4.79 Å². The van der Waals surface area contributed by atoms with Crippen LogP contribution in [0, 0.1) is 6.92 Å². The number of nitrogens with zero attached hydrogens (tertiary/aromatic N) is 3. The molecule has 0 amide bonds. The van der Waals surface area contributed by atoms with E-state index in [2.05, 4.69) is 10.1 Å². The average Bonchev–Trinajstić information content (AvgIpc) is 3.24. The molecular weight excluding hydrogens is 402 g/mol. The molecule has 2 aromatic carbocycles. The van der Waals surface area contributed by atoms with Gasteiger partial charge in [0.05, 0.1) is 11.1 Å². The smallest absolute Gasteiger partial charge is 0.308 e. The van der Waals surface area contributed by atoms with Gasteiger partial charge in [0.1, 0.15) is 0 Å². The normalized spacial score (nSPS) is 11.8. The van der Waals surface area contributed by atoms with Crippen LogP contribution in [0.4, 0.5) is 0 Å². The summed E-state index contributed by atoms with van der Waals surface area (Å²) in [5.74, 6) is 0.890. The number of hydrogen-bond acceptors (Lipinski definition) is 7. The molecule has 8 heteroatoms. The second-order valence-electron chi connectivity index (χ2n) is 6.59. The molecule has 0 unspecified atom stereocenters. The van der Waals surface area contributed by atoms with Crippen molar-refractivity contribution in [3.8, 4) is 22.9 Å². The van der Waals surface area contributed by atoms with Gasteiger partial charge in [-0.25, -0.2) is 0 Å². The summed E-state index contributed by atoms with van der Waals surface area (Å²) >= 11 is 1.27. The number of benzene rings is 2. The van der Waals surface area contributed by atoms with Crippen LogP contribution in [-0.4, -0.2) is 27.2 Å². The number of aryl methyl sites for hydroxylation is 1.